The van der Waals surface area contributed by atoms with Crippen LogP contribution in [0.15, 0.2) is 24.3 Å². The van der Waals surface area contributed by atoms with Crippen molar-refractivity contribution < 1.29 is 4.79 Å². The average Bonchev–Trinajstić information content (AvgIpc) is 2.49. The van der Waals surface area contributed by atoms with E-state index in [0.717, 1.165) is 31.5 Å². The topological polar surface area (TPSA) is 72.3 Å². The van der Waals surface area contributed by atoms with E-state index in [1.54, 1.807) is 0 Å². The number of hydrogen-bond donors (Lipinski definition) is 2. The number of hydrogen-bond acceptors (Lipinski definition) is 3. The molecule has 1 aliphatic heterocycles. The summed E-state index contributed by atoms with van der Waals surface area (Å²) in [5, 5.41) is 0.692. The minimum absolute atomic E-state index is 0.0374. The van der Waals surface area contributed by atoms with Crippen LogP contribution >= 0.6 is 11.6 Å². The average molecular weight is 296 g/mol. The van der Waals surface area contributed by atoms with Crippen LogP contribution in [-0.4, -0.2) is 36.5 Å². The molecule has 4 N–H and O–H groups in total. The molecule has 0 aliphatic carbocycles. The van der Waals surface area contributed by atoms with Crippen molar-refractivity contribution >= 4 is 17.5 Å². The van der Waals surface area contributed by atoms with E-state index in [4.69, 9.17) is 23.1 Å². The largest absolute Gasteiger partial charge is 0.341 e. The van der Waals surface area contributed by atoms with Gasteiger partial charge in [0.15, 0.2) is 0 Å². The van der Waals surface area contributed by atoms with Gasteiger partial charge in [0.25, 0.3) is 0 Å². The van der Waals surface area contributed by atoms with Gasteiger partial charge in [-0.2, -0.15) is 0 Å². The molecule has 1 saturated heterocycles. The minimum Gasteiger partial charge on any atom is -0.341 e. The smallest absolute Gasteiger partial charge is 0.239 e. The first-order valence-corrected chi connectivity index (χ1v) is 7.47. The molecule has 0 bridgehead atoms. The molecule has 20 heavy (non-hydrogen) atoms. The van der Waals surface area contributed by atoms with E-state index < -0.39 is 6.04 Å². The van der Waals surface area contributed by atoms with Gasteiger partial charge in [-0.05, 0) is 49.4 Å². The monoisotopic (exact) mass is 295 g/mol. The molecule has 0 saturated carbocycles. The van der Waals surface area contributed by atoms with Crippen molar-refractivity contribution in [3.8, 4) is 0 Å². The van der Waals surface area contributed by atoms with Gasteiger partial charge in [0, 0.05) is 18.1 Å². The maximum absolute atomic E-state index is 12.3. The number of carbonyl (C=O) groups is 1. The van der Waals surface area contributed by atoms with Crippen LogP contribution < -0.4 is 11.5 Å². The maximum atomic E-state index is 12.3. The Morgan fingerprint density at radius 3 is 2.45 bits per heavy atom. The lowest BCUT2D eigenvalue weighted by molar-refractivity contribution is -0.133. The van der Waals surface area contributed by atoms with E-state index in [1.807, 2.05) is 29.2 Å². The summed E-state index contributed by atoms with van der Waals surface area (Å²) in [5.41, 5.74) is 12.7. The van der Waals surface area contributed by atoms with Crippen molar-refractivity contribution in [2.75, 3.05) is 19.6 Å². The first-order chi connectivity index (χ1) is 9.60. The lowest BCUT2D eigenvalue weighted by atomic mass is 9.96. The number of carbonyl (C=O) groups excluding carboxylic acids is 1. The predicted octanol–water partition coefficient (Wildman–Crippen LogP) is 1.41. The molecule has 2 rings (SSSR count). The number of benzene rings is 1. The van der Waals surface area contributed by atoms with Crippen molar-refractivity contribution in [1.82, 2.24) is 4.90 Å². The highest BCUT2D eigenvalue weighted by Gasteiger charge is 2.25. The van der Waals surface area contributed by atoms with E-state index in [1.165, 1.54) is 0 Å². The summed E-state index contributed by atoms with van der Waals surface area (Å²) in [4.78, 5) is 14.2. The Kier molecular flexibility index (Phi) is 5.40. The van der Waals surface area contributed by atoms with Crippen molar-refractivity contribution in [3.05, 3.63) is 34.9 Å². The van der Waals surface area contributed by atoms with Crippen molar-refractivity contribution in [2.24, 2.45) is 17.4 Å². The van der Waals surface area contributed by atoms with E-state index in [0.29, 0.717) is 23.9 Å². The maximum Gasteiger partial charge on any atom is 0.239 e. The molecule has 1 atom stereocenters. The zero-order valence-electron chi connectivity index (χ0n) is 11.6. The Balaban J connectivity index is 1.87. The third-order valence-electron chi connectivity index (χ3n) is 3.95. The number of nitrogens with two attached hydrogens (primary N) is 2. The lowest BCUT2D eigenvalue weighted by Crippen LogP contribution is -2.48. The standard InChI is InChI=1S/C15H22ClN3O/c16-13-3-1-11(2-4-13)9-14(18)15(20)19-7-5-12(10-17)6-8-19/h1-4,12,14H,5-10,17-18H2. The van der Waals surface area contributed by atoms with Gasteiger partial charge in [0.1, 0.15) is 0 Å². The van der Waals surface area contributed by atoms with E-state index in [2.05, 4.69) is 0 Å². The van der Waals surface area contributed by atoms with Crippen LogP contribution in [0.2, 0.25) is 5.02 Å². The molecule has 110 valence electrons. The highest BCUT2D eigenvalue weighted by Crippen LogP contribution is 2.17. The number of piperidine rings is 1. The van der Waals surface area contributed by atoms with Crippen LogP contribution in [0.4, 0.5) is 0 Å². The van der Waals surface area contributed by atoms with Crippen LogP contribution in [0.1, 0.15) is 18.4 Å². The quantitative estimate of drug-likeness (QED) is 0.882. The van der Waals surface area contributed by atoms with Crippen LogP contribution in [0.25, 0.3) is 0 Å². The van der Waals surface area contributed by atoms with Gasteiger partial charge < -0.3 is 16.4 Å². The number of amides is 1. The second-order valence-electron chi connectivity index (χ2n) is 5.44. The Morgan fingerprint density at radius 2 is 1.90 bits per heavy atom. The van der Waals surface area contributed by atoms with E-state index >= 15 is 0 Å². The highest BCUT2D eigenvalue weighted by atomic mass is 35.5. The summed E-state index contributed by atoms with van der Waals surface area (Å²) in [6.45, 7) is 2.25. The molecule has 0 radical (unpaired) electrons. The van der Waals surface area contributed by atoms with E-state index in [9.17, 15) is 4.79 Å². The molecular formula is C15H22ClN3O. The fourth-order valence-electron chi connectivity index (χ4n) is 2.59. The van der Waals surface area contributed by atoms with Gasteiger partial charge in [0.05, 0.1) is 6.04 Å². The van der Waals surface area contributed by atoms with Gasteiger partial charge in [0.2, 0.25) is 5.91 Å². The summed E-state index contributed by atoms with van der Waals surface area (Å²) in [7, 11) is 0. The highest BCUT2D eigenvalue weighted by molar-refractivity contribution is 6.30. The van der Waals surface area contributed by atoms with Crippen molar-refractivity contribution in [3.63, 3.8) is 0 Å². The molecule has 1 fully saturated rings. The summed E-state index contributed by atoms with van der Waals surface area (Å²) in [5.74, 6) is 0.585. The number of rotatable bonds is 4. The summed E-state index contributed by atoms with van der Waals surface area (Å²) >= 11 is 5.84. The van der Waals surface area contributed by atoms with Crippen LogP contribution in [0.3, 0.4) is 0 Å². The fourth-order valence-corrected chi connectivity index (χ4v) is 2.71. The number of nitrogens with zero attached hydrogens (tertiary/aromatic N) is 1. The third kappa shape index (κ3) is 3.95. The summed E-state index contributed by atoms with van der Waals surface area (Å²) < 4.78 is 0. The van der Waals surface area contributed by atoms with Gasteiger partial charge >= 0.3 is 0 Å². The first-order valence-electron chi connectivity index (χ1n) is 7.09. The van der Waals surface area contributed by atoms with Crippen molar-refractivity contribution in [1.29, 1.82) is 0 Å². The van der Waals surface area contributed by atoms with Crippen LogP contribution in [0.5, 0.6) is 0 Å². The van der Waals surface area contributed by atoms with Crippen LogP contribution in [-0.2, 0) is 11.2 Å². The normalized spacial score (nSPS) is 18.1. The molecular weight excluding hydrogens is 274 g/mol. The van der Waals surface area contributed by atoms with Crippen molar-refractivity contribution in [2.45, 2.75) is 25.3 Å². The summed E-state index contributed by atoms with van der Waals surface area (Å²) in [6, 6.07) is 6.99. The van der Waals surface area contributed by atoms with E-state index in [-0.39, 0.29) is 5.91 Å². The molecule has 1 aliphatic rings. The van der Waals surface area contributed by atoms with Crippen LogP contribution in [0, 0.1) is 5.92 Å². The molecule has 1 amide bonds. The lowest BCUT2D eigenvalue weighted by Gasteiger charge is -2.33. The van der Waals surface area contributed by atoms with Gasteiger partial charge in [-0.3, -0.25) is 4.79 Å². The molecule has 5 heteroatoms. The molecule has 1 aromatic carbocycles. The second-order valence-corrected chi connectivity index (χ2v) is 5.88. The molecule has 4 nitrogen and oxygen atoms in total. The number of halogens is 1. The predicted molar refractivity (Wildman–Crippen MR) is 81.5 cm³/mol. The molecule has 1 unspecified atom stereocenters. The first kappa shape index (κ1) is 15.3. The zero-order chi connectivity index (χ0) is 14.5. The fraction of sp³-hybridized carbons (Fsp3) is 0.533. The van der Waals surface area contributed by atoms with Gasteiger partial charge in [-0.15, -0.1) is 0 Å². The molecule has 0 aromatic heterocycles. The van der Waals surface area contributed by atoms with Gasteiger partial charge in [-0.25, -0.2) is 0 Å². The molecule has 0 spiro atoms. The van der Waals surface area contributed by atoms with Gasteiger partial charge in [-0.1, -0.05) is 23.7 Å². The summed E-state index contributed by atoms with van der Waals surface area (Å²) in [6.07, 6.45) is 2.51. The Hall–Kier alpha value is -1.10. The second kappa shape index (κ2) is 7.07. The zero-order valence-corrected chi connectivity index (χ0v) is 12.4. The molecule has 1 aromatic rings. The molecule has 1 heterocycles. The Morgan fingerprint density at radius 1 is 1.30 bits per heavy atom. The number of likely N-dealkylation sites (tertiary alicyclic amines) is 1. The Bertz CT molecular complexity index is 441. The third-order valence-corrected chi connectivity index (χ3v) is 4.20. The Labute approximate surface area is 125 Å². The SMILES string of the molecule is NCC1CCN(C(=O)C(N)Cc2ccc(Cl)cc2)CC1. The minimum atomic E-state index is -0.481.